The van der Waals surface area contributed by atoms with Gasteiger partial charge in [0.05, 0.1) is 6.21 Å². The zero-order valence-electron chi connectivity index (χ0n) is 13.2. The third kappa shape index (κ3) is 4.19. The maximum atomic E-state index is 12.2. The summed E-state index contributed by atoms with van der Waals surface area (Å²) in [5.41, 5.74) is 3.64. The molecule has 1 amide bonds. The molecule has 1 heterocycles. The first-order valence-corrected chi connectivity index (χ1v) is 8.23. The number of hydrogen-bond donors (Lipinski definition) is 1. The van der Waals surface area contributed by atoms with Crippen LogP contribution in [0.1, 0.15) is 15.9 Å². The highest BCUT2D eigenvalue weighted by Gasteiger charge is 2.15. The molecule has 0 saturated heterocycles. The zero-order valence-corrected chi connectivity index (χ0v) is 14.8. The summed E-state index contributed by atoms with van der Waals surface area (Å²) in [4.78, 5) is 12.2. The van der Waals surface area contributed by atoms with Crippen LogP contribution in [0.2, 0.25) is 0 Å². The van der Waals surface area contributed by atoms with E-state index < -0.39 is 0 Å². The van der Waals surface area contributed by atoms with Crippen LogP contribution in [0.25, 0.3) is 0 Å². The molecule has 6 nitrogen and oxygen atoms in total. The van der Waals surface area contributed by atoms with E-state index >= 15 is 0 Å². The normalized spacial score (nSPS) is 12.2. The molecule has 25 heavy (non-hydrogen) atoms. The molecule has 0 spiro atoms. The van der Waals surface area contributed by atoms with Crippen molar-refractivity contribution in [1.29, 1.82) is 0 Å². The topological polar surface area (TPSA) is 69.2 Å². The van der Waals surface area contributed by atoms with Crippen LogP contribution < -0.4 is 19.6 Å². The molecular formula is C18H15BrN2O4. The molecule has 0 fully saturated rings. The van der Waals surface area contributed by atoms with Crippen LogP contribution in [0.4, 0.5) is 0 Å². The molecule has 0 radical (unpaired) electrons. The standard InChI is InChI=1S/C18H15BrN2O4/c1-2-7-23-15-6-4-14(19)8-13(15)10-20-21-18(22)12-3-5-16-17(9-12)25-11-24-16/h2-6,8-10H,1,7,11H2,(H,21,22). The Hall–Kier alpha value is -2.80. The first-order chi connectivity index (χ1) is 12.2. The average Bonchev–Trinajstić information content (AvgIpc) is 3.08. The highest BCUT2D eigenvalue weighted by atomic mass is 79.9. The lowest BCUT2D eigenvalue weighted by Gasteiger charge is -2.07. The number of hydrazone groups is 1. The maximum Gasteiger partial charge on any atom is 0.271 e. The summed E-state index contributed by atoms with van der Waals surface area (Å²) < 4.78 is 16.9. The fourth-order valence-electron chi connectivity index (χ4n) is 2.16. The summed E-state index contributed by atoms with van der Waals surface area (Å²) in [7, 11) is 0. The molecule has 1 N–H and O–H groups in total. The van der Waals surface area contributed by atoms with Gasteiger partial charge in [-0.3, -0.25) is 4.79 Å². The monoisotopic (exact) mass is 402 g/mol. The number of halogens is 1. The van der Waals surface area contributed by atoms with E-state index in [2.05, 4.69) is 33.0 Å². The molecule has 128 valence electrons. The molecular weight excluding hydrogens is 388 g/mol. The van der Waals surface area contributed by atoms with E-state index in [4.69, 9.17) is 14.2 Å². The van der Waals surface area contributed by atoms with E-state index in [0.717, 1.165) is 10.0 Å². The van der Waals surface area contributed by atoms with Crippen LogP contribution in [0.15, 0.2) is 58.6 Å². The first-order valence-electron chi connectivity index (χ1n) is 7.43. The minimum atomic E-state index is -0.349. The molecule has 2 aromatic carbocycles. The van der Waals surface area contributed by atoms with Gasteiger partial charge in [-0.15, -0.1) is 0 Å². The van der Waals surface area contributed by atoms with Crippen LogP contribution in [-0.2, 0) is 0 Å². The predicted octanol–water partition coefficient (Wildman–Crippen LogP) is 3.51. The Morgan fingerprint density at radius 3 is 2.96 bits per heavy atom. The fourth-order valence-corrected chi connectivity index (χ4v) is 2.54. The number of nitrogens with one attached hydrogen (secondary N) is 1. The highest BCUT2D eigenvalue weighted by molar-refractivity contribution is 9.10. The molecule has 3 rings (SSSR count). The minimum absolute atomic E-state index is 0.162. The van der Waals surface area contributed by atoms with Crippen molar-refractivity contribution < 1.29 is 19.0 Å². The number of fused-ring (bicyclic) bond motifs is 1. The summed E-state index contributed by atoms with van der Waals surface area (Å²) in [6, 6.07) is 10.5. The van der Waals surface area contributed by atoms with Gasteiger partial charge in [-0.1, -0.05) is 28.6 Å². The van der Waals surface area contributed by atoms with Crippen LogP contribution in [0.5, 0.6) is 17.2 Å². The number of carbonyl (C=O) groups excluding carboxylic acids is 1. The van der Waals surface area contributed by atoms with Crippen molar-refractivity contribution in [2.75, 3.05) is 13.4 Å². The quantitative estimate of drug-likeness (QED) is 0.456. The summed E-state index contributed by atoms with van der Waals surface area (Å²) in [5, 5.41) is 4.00. The zero-order chi connectivity index (χ0) is 17.6. The number of amides is 1. The number of rotatable bonds is 6. The van der Waals surface area contributed by atoms with E-state index in [9.17, 15) is 4.79 Å². The van der Waals surface area contributed by atoms with Crippen LogP contribution >= 0.6 is 15.9 Å². The molecule has 0 saturated carbocycles. The molecule has 7 heteroatoms. The Labute approximate surface area is 153 Å². The van der Waals surface area contributed by atoms with Gasteiger partial charge in [0.25, 0.3) is 5.91 Å². The Kier molecular flexibility index (Phi) is 5.35. The van der Waals surface area contributed by atoms with Crippen molar-refractivity contribution in [1.82, 2.24) is 5.43 Å². The Morgan fingerprint density at radius 1 is 1.28 bits per heavy atom. The van der Waals surface area contributed by atoms with Crippen molar-refractivity contribution in [3.8, 4) is 17.2 Å². The second-order valence-corrected chi connectivity index (χ2v) is 5.96. The smallest absolute Gasteiger partial charge is 0.271 e. The van der Waals surface area contributed by atoms with Gasteiger partial charge >= 0.3 is 0 Å². The van der Waals surface area contributed by atoms with Crippen molar-refractivity contribution in [2.45, 2.75) is 0 Å². The van der Waals surface area contributed by atoms with E-state index in [1.165, 1.54) is 6.21 Å². The summed E-state index contributed by atoms with van der Waals surface area (Å²) in [6.45, 7) is 4.17. The molecule has 0 bridgehead atoms. The summed E-state index contributed by atoms with van der Waals surface area (Å²) in [5.74, 6) is 1.46. The number of carbonyl (C=O) groups is 1. The molecule has 0 unspecified atom stereocenters. The number of hydrogen-bond acceptors (Lipinski definition) is 5. The summed E-state index contributed by atoms with van der Waals surface area (Å²) in [6.07, 6.45) is 3.18. The van der Waals surface area contributed by atoms with E-state index in [1.54, 1.807) is 24.3 Å². The lowest BCUT2D eigenvalue weighted by molar-refractivity contribution is 0.0954. The molecule has 0 aliphatic carbocycles. The SMILES string of the molecule is C=CCOc1ccc(Br)cc1C=NNC(=O)c1ccc2c(c1)OCO2. The van der Waals surface area contributed by atoms with Gasteiger partial charge in [-0.05, 0) is 36.4 Å². The minimum Gasteiger partial charge on any atom is -0.489 e. The van der Waals surface area contributed by atoms with E-state index in [0.29, 0.717) is 29.4 Å². The van der Waals surface area contributed by atoms with Gasteiger partial charge in [0.1, 0.15) is 12.4 Å². The number of benzene rings is 2. The molecule has 0 atom stereocenters. The van der Waals surface area contributed by atoms with Crippen LogP contribution in [0, 0.1) is 0 Å². The van der Waals surface area contributed by atoms with Crippen molar-refractivity contribution in [3.05, 3.63) is 64.7 Å². The van der Waals surface area contributed by atoms with Crippen molar-refractivity contribution >= 4 is 28.1 Å². The fraction of sp³-hybridized carbons (Fsp3) is 0.111. The van der Waals surface area contributed by atoms with Gasteiger partial charge in [0.2, 0.25) is 6.79 Å². The Bertz CT molecular complexity index is 836. The molecule has 1 aliphatic rings. The second-order valence-electron chi connectivity index (χ2n) is 5.05. The second kappa shape index (κ2) is 7.85. The van der Waals surface area contributed by atoms with Gasteiger partial charge in [-0.2, -0.15) is 5.10 Å². The third-order valence-corrected chi connectivity index (χ3v) is 3.83. The number of nitrogens with zero attached hydrogens (tertiary/aromatic N) is 1. The Balaban J connectivity index is 1.69. The van der Waals surface area contributed by atoms with Crippen molar-refractivity contribution in [2.24, 2.45) is 5.10 Å². The van der Waals surface area contributed by atoms with Gasteiger partial charge in [-0.25, -0.2) is 5.43 Å². The van der Waals surface area contributed by atoms with Crippen LogP contribution in [-0.4, -0.2) is 25.5 Å². The van der Waals surface area contributed by atoms with Gasteiger partial charge < -0.3 is 14.2 Å². The van der Waals surface area contributed by atoms with Crippen molar-refractivity contribution in [3.63, 3.8) is 0 Å². The predicted molar refractivity (Wildman–Crippen MR) is 97.5 cm³/mol. The highest BCUT2D eigenvalue weighted by Crippen LogP contribution is 2.32. The maximum absolute atomic E-state index is 12.2. The average molecular weight is 403 g/mol. The lowest BCUT2D eigenvalue weighted by atomic mass is 10.2. The molecule has 0 aromatic heterocycles. The Morgan fingerprint density at radius 2 is 2.12 bits per heavy atom. The first kappa shape index (κ1) is 17.0. The van der Waals surface area contributed by atoms with E-state index in [1.807, 2.05) is 18.2 Å². The number of ether oxygens (including phenoxy) is 3. The summed E-state index contributed by atoms with van der Waals surface area (Å²) >= 11 is 3.40. The van der Waals surface area contributed by atoms with Gasteiger partial charge in [0.15, 0.2) is 11.5 Å². The van der Waals surface area contributed by atoms with Gasteiger partial charge in [0, 0.05) is 15.6 Å². The molecule has 2 aromatic rings. The van der Waals surface area contributed by atoms with Crippen LogP contribution in [0.3, 0.4) is 0 Å². The third-order valence-electron chi connectivity index (χ3n) is 3.33. The van der Waals surface area contributed by atoms with E-state index in [-0.39, 0.29) is 12.7 Å². The lowest BCUT2D eigenvalue weighted by Crippen LogP contribution is -2.17. The molecule has 1 aliphatic heterocycles. The largest absolute Gasteiger partial charge is 0.489 e.